The molecule has 0 radical (unpaired) electrons. The number of anilines is 1. The van der Waals surface area contributed by atoms with E-state index in [1.165, 1.54) is 17.0 Å². The number of amides is 1. The zero-order valence-electron chi connectivity index (χ0n) is 16.1. The standard InChI is InChI=1S/C24H19FN2O2/c1-16-8-7-10-18(14-16)27-23(19-11-4-6-13-22(19)29-2)26-21(24(27)28)15-17-9-3-5-12-20(17)25/h3-15H,1-2H3/b21-15+. The topological polar surface area (TPSA) is 41.9 Å². The van der Waals surface area contributed by atoms with Gasteiger partial charge < -0.3 is 4.74 Å². The molecule has 0 fully saturated rings. The number of halogens is 1. The van der Waals surface area contributed by atoms with Crippen LogP contribution < -0.4 is 9.64 Å². The Morgan fingerprint density at radius 1 is 1.00 bits per heavy atom. The summed E-state index contributed by atoms with van der Waals surface area (Å²) in [7, 11) is 1.57. The number of hydrogen-bond acceptors (Lipinski definition) is 3. The van der Waals surface area contributed by atoms with Crippen molar-refractivity contribution < 1.29 is 13.9 Å². The number of nitrogens with zero attached hydrogens (tertiary/aromatic N) is 2. The molecule has 1 aliphatic rings. The highest BCUT2D eigenvalue weighted by atomic mass is 19.1. The average Bonchev–Trinajstić information content (AvgIpc) is 3.05. The maximum absolute atomic E-state index is 14.1. The number of ether oxygens (including phenoxy) is 1. The second-order valence-electron chi connectivity index (χ2n) is 6.67. The molecule has 0 unspecified atom stereocenters. The van der Waals surface area contributed by atoms with Gasteiger partial charge in [0.1, 0.15) is 17.3 Å². The maximum Gasteiger partial charge on any atom is 0.282 e. The normalized spacial score (nSPS) is 15.0. The van der Waals surface area contributed by atoms with Gasteiger partial charge in [-0.3, -0.25) is 9.69 Å². The summed E-state index contributed by atoms with van der Waals surface area (Å²) in [6, 6.07) is 21.3. The fraction of sp³-hybridized carbons (Fsp3) is 0.0833. The number of carbonyl (C=O) groups is 1. The molecule has 3 aromatic carbocycles. The van der Waals surface area contributed by atoms with Gasteiger partial charge in [0.2, 0.25) is 0 Å². The van der Waals surface area contributed by atoms with E-state index in [2.05, 4.69) is 4.99 Å². The molecule has 0 bridgehead atoms. The zero-order chi connectivity index (χ0) is 20.4. The van der Waals surface area contributed by atoms with Gasteiger partial charge in [-0.25, -0.2) is 9.38 Å². The number of benzene rings is 3. The van der Waals surface area contributed by atoms with Gasteiger partial charge >= 0.3 is 0 Å². The van der Waals surface area contributed by atoms with E-state index in [0.29, 0.717) is 28.4 Å². The van der Waals surface area contributed by atoms with Gasteiger partial charge in [0.25, 0.3) is 5.91 Å². The van der Waals surface area contributed by atoms with Gasteiger partial charge in [0.05, 0.1) is 18.4 Å². The van der Waals surface area contributed by atoms with Gasteiger partial charge in [-0.1, -0.05) is 42.5 Å². The number of rotatable bonds is 4. The second-order valence-corrected chi connectivity index (χ2v) is 6.67. The van der Waals surface area contributed by atoms with Crippen LogP contribution in [0.15, 0.2) is 83.5 Å². The predicted octanol–water partition coefficient (Wildman–Crippen LogP) is 4.98. The Kier molecular flexibility index (Phi) is 4.96. The zero-order valence-corrected chi connectivity index (χ0v) is 16.1. The predicted molar refractivity (Wildman–Crippen MR) is 113 cm³/mol. The Morgan fingerprint density at radius 3 is 2.52 bits per heavy atom. The molecule has 144 valence electrons. The van der Waals surface area contributed by atoms with Gasteiger partial charge in [0.15, 0.2) is 5.84 Å². The molecule has 0 saturated heterocycles. The van der Waals surface area contributed by atoms with Crippen LogP contribution in [0.5, 0.6) is 5.75 Å². The molecule has 4 rings (SSSR count). The monoisotopic (exact) mass is 386 g/mol. The van der Waals surface area contributed by atoms with Crippen LogP contribution in [0.2, 0.25) is 0 Å². The van der Waals surface area contributed by atoms with Crippen molar-refractivity contribution >= 4 is 23.5 Å². The summed E-state index contributed by atoms with van der Waals surface area (Å²) < 4.78 is 19.6. The van der Waals surface area contributed by atoms with Crippen LogP contribution in [0.1, 0.15) is 16.7 Å². The summed E-state index contributed by atoms with van der Waals surface area (Å²) in [4.78, 5) is 19.4. The third-order valence-corrected chi connectivity index (χ3v) is 4.67. The van der Waals surface area contributed by atoms with Crippen LogP contribution in [0.4, 0.5) is 10.1 Å². The Bertz CT molecular complexity index is 1150. The van der Waals surface area contributed by atoms with E-state index in [1.54, 1.807) is 25.3 Å². The maximum atomic E-state index is 14.1. The van der Waals surface area contributed by atoms with Crippen LogP contribution in [0.25, 0.3) is 6.08 Å². The number of amidine groups is 1. The Morgan fingerprint density at radius 2 is 1.76 bits per heavy atom. The number of hydrogen-bond donors (Lipinski definition) is 0. The van der Waals surface area contributed by atoms with E-state index in [1.807, 2.05) is 55.5 Å². The summed E-state index contributed by atoms with van der Waals surface area (Å²) in [6.45, 7) is 1.96. The van der Waals surface area contributed by atoms with E-state index in [4.69, 9.17) is 4.74 Å². The summed E-state index contributed by atoms with van der Waals surface area (Å²) >= 11 is 0. The SMILES string of the molecule is COc1ccccc1C1=N/C(=C/c2ccccc2F)C(=O)N1c1cccc(C)c1. The first-order valence-corrected chi connectivity index (χ1v) is 9.18. The molecular weight excluding hydrogens is 367 g/mol. The molecule has 3 aromatic rings. The lowest BCUT2D eigenvalue weighted by atomic mass is 10.1. The lowest BCUT2D eigenvalue weighted by molar-refractivity contribution is -0.113. The Hall–Kier alpha value is -3.73. The Labute approximate surface area is 168 Å². The first kappa shape index (κ1) is 18.6. The van der Waals surface area contributed by atoms with E-state index < -0.39 is 5.82 Å². The van der Waals surface area contributed by atoms with Crippen LogP contribution >= 0.6 is 0 Å². The smallest absolute Gasteiger partial charge is 0.282 e. The molecule has 1 heterocycles. The minimum Gasteiger partial charge on any atom is -0.496 e. The minimum absolute atomic E-state index is 0.164. The molecule has 0 N–H and O–H groups in total. The lowest BCUT2D eigenvalue weighted by Crippen LogP contribution is -2.33. The minimum atomic E-state index is -0.407. The lowest BCUT2D eigenvalue weighted by Gasteiger charge is -2.20. The van der Waals surface area contributed by atoms with Gasteiger partial charge in [-0.05, 0) is 48.9 Å². The first-order chi connectivity index (χ1) is 14.1. The van der Waals surface area contributed by atoms with E-state index >= 15 is 0 Å². The van der Waals surface area contributed by atoms with Crippen LogP contribution in [-0.2, 0) is 4.79 Å². The Balaban J connectivity index is 1.89. The summed E-state index contributed by atoms with van der Waals surface area (Å²) in [5, 5.41) is 0. The number of aliphatic imine (C=N–C) groups is 1. The highest BCUT2D eigenvalue weighted by Crippen LogP contribution is 2.31. The fourth-order valence-electron chi connectivity index (χ4n) is 3.27. The molecule has 0 spiro atoms. The van der Waals surface area contributed by atoms with Crippen LogP contribution in [0.3, 0.4) is 0 Å². The molecule has 0 atom stereocenters. The van der Waals surface area contributed by atoms with Gasteiger partial charge in [-0.15, -0.1) is 0 Å². The largest absolute Gasteiger partial charge is 0.496 e. The van der Waals surface area contributed by atoms with Crippen molar-refractivity contribution in [2.75, 3.05) is 12.0 Å². The van der Waals surface area contributed by atoms with Gasteiger partial charge in [0, 0.05) is 5.56 Å². The number of aryl methyl sites for hydroxylation is 1. The van der Waals surface area contributed by atoms with Crippen molar-refractivity contribution in [2.24, 2.45) is 4.99 Å². The molecule has 0 saturated carbocycles. The molecule has 0 aromatic heterocycles. The van der Waals surface area contributed by atoms with Crippen LogP contribution in [-0.4, -0.2) is 18.9 Å². The van der Waals surface area contributed by atoms with Crippen molar-refractivity contribution in [1.29, 1.82) is 0 Å². The number of methoxy groups -OCH3 is 1. The van der Waals surface area contributed by atoms with Crippen molar-refractivity contribution in [1.82, 2.24) is 0 Å². The van der Waals surface area contributed by atoms with Crippen LogP contribution in [0, 0.1) is 12.7 Å². The molecular formula is C24H19FN2O2. The molecule has 1 aliphatic heterocycles. The second kappa shape index (κ2) is 7.72. The average molecular weight is 386 g/mol. The quantitative estimate of drug-likeness (QED) is 0.594. The molecule has 29 heavy (non-hydrogen) atoms. The molecule has 4 nitrogen and oxygen atoms in total. The molecule has 5 heteroatoms. The van der Waals surface area contributed by atoms with E-state index in [9.17, 15) is 9.18 Å². The van der Waals surface area contributed by atoms with E-state index in [-0.39, 0.29) is 11.6 Å². The third-order valence-electron chi connectivity index (χ3n) is 4.67. The van der Waals surface area contributed by atoms with Crippen molar-refractivity contribution in [2.45, 2.75) is 6.92 Å². The van der Waals surface area contributed by atoms with Crippen molar-refractivity contribution in [3.8, 4) is 5.75 Å². The highest BCUT2D eigenvalue weighted by molar-refractivity contribution is 6.33. The highest BCUT2D eigenvalue weighted by Gasteiger charge is 2.34. The summed E-state index contributed by atoms with van der Waals surface area (Å²) in [5.41, 5.74) is 2.86. The number of carbonyl (C=O) groups excluding carboxylic acids is 1. The van der Waals surface area contributed by atoms with E-state index in [0.717, 1.165) is 5.56 Å². The summed E-state index contributed by atoms with van der Waals surface area (Å²) in [6.07, 6.45) is 1.48. The van der Waals surface area contributed by atoms with Crippen molar-refractivity contribution in [3.63, 3.8) is 0 Å². The summed E-state index contributed by atoms with van der Waals surface area (Å²) in [5.74, 6) is 0.320. The molecule has 0 aliphatic carbocycles. The van der Waals surface area contributed by atoms with Gasteiger partial charge in [-0.2, -0.15) is 0 Å². The fourth-order valence-corrected chi connectivity index (χ4v) is 3.27. The molecule has 1 amide bonds. The third kappa shape index (κ3) is 3.55. The first-order valence-electron chi connectivity index (χ1n) is 9.18. The number of para-hydroxylation sites is 1. The van der Waals surface area contributed by atoms with Crippen molar-refractivity contribution in [3.05, 3.63) is 101 Å².